The number of hydroxylamine groups is 1. The van der Waals surface area contributed by atoms with Crippen LogP contribution >= 0.6 is 0 Å². The molecule has 0 aromatic heterocycles. The van der Waals surface area contributed by atoms with Gasteiger partial charge in [0.2, 0.25) is 0 Å². The smallest absolute Gasteiger partial charge is 0.167 e. The third-order valence-corrected chi connectivity index (χ3v) is 1.99. The molecule has 0 bridgehead atoms. The van der Waals surface area contributed by atoms with E-state index in [1.165, 1.54) is 24.3 Å². The number of hydrogen-bond acceptors (Lipinski definition) is 4. The maximum absolute atomic E-state index is 13.3. The highest BCUT2D eigenvalue weighted by atomic mass is 19.1. The zero-order valence-corrected chi connectivity index (χ0v) is 9.08. The average molecular weight is 214 g/mol. The fourth-order valence-electron chi connectivity index (χ4n) is 1.20. The summed E-state index contributed by atoms with van der Waals surface area (Å²) in [5.41, 5.74) is 6.52. The molecular weight excluding hydrogens is 199 g/mol. The molecule has 84 valence electrons. The van der Waals surface area contributed by atoms with Crippen molar-refractivity contribution in [2.24, 2.45) is 0 Å². The molecule has 0 fully saturated rings. The van der Waals surface area contributed by atoms with Crippen LogP contribution in [0, 0.1) is 5.82 Å². The minimum atomic E-state index is -0.470. The lowest BCUT2D eigenvalue weighted by atomic mass is 10.2. The average Bonchev–Trinajstić information content (AvgIpc) is 2.21. The molecule has 0 atom stereocenters. The minimum absolute atomic E-state index is 0.172. The summed E-state index contributed by atoms with van der Waals surface area (Å²) < 4.78 is 18.4. The van der Waals surface area contributed by atoms with Crippen LogP contribution in [-0.2, 0) is 4.84 Å². The lowest BCUT2D eigenvalue weighted by Crippen LogP contribution is -2.16. The number of benzene rings is 1. The molecule has 0 aliphatic rings. The van der Waals surface area contributed by atoms with Crippen LogP contribution in [0.5, 0.6) is 5.75 Å². The number of nitrogen functional groups attached to an aromatic ring is 1. The maximum atomic E-state index is 13.3. The number of nitrogens with two attached hydrogens (primary N) is 1. The second-order valence-corrected chi connectivity index (χ2v) is 2.95. The first-order chi connectivity index (χ1) is 7.10. The Morgan fingerprint density at radius 1 is 1.47 bits per heavy atom. The molecule has 0 spiro atoms. The van der Waals surface area contributed by atoms with Gasteiger partial charge in [-0.3, -0.25) is 9.90 Å². The van der Waals surface area contributed by atoms with Crippen LogP contribution in [0.3, 0.4) is 0 Å². The largest absolute Gasteiger partial charge is 0.491 e. The van der Waals surface area contributed by atoms with Gasteiger partial charge in [-0.2, -0.15) is 0 Å². The highest BCUT2D eigenvalue weighted by Gasteiger charge is 2.11. The predicted molar refractivity (Wildman–Crippen MR) is 57.4 cm³/mol. The van der Waals surface area contributed by atoms with E-state index in [9.17, 15) is 4.39 Å². The Balaban J connectivity index is 3.11. The first kappa shape index (κ1) is 11.6. The third kappa shape index (κ3) is 2.50. The van der Waals surface area contributed by atoms with Crippen LogP contribution in [0.2, 0.25) is 0 Å². The lowest BCUT2D eigenvalue weighted by Gasteiger charge is -2.19. The van der Waals surface area contributed by atoms with E-state index < -0.39 is 5.82 Å². The number of nitrogens with zero attached hydrogens (tertiary/aromatic N) is 1. The molecule has 15 heavy (non-hydrogen) atoms. The molecule has 0 aliphatic heterocycles. The van der Waals surface area contributed by atoms with Crippen molar-refractivity contribution < 1.29 is 14.0 Å². The monoisotopic (exact) mass is 214 g/mol. The van der Waals surface area contributed by atoms with Gasteiger partial charge >= 0.3 is 0 Å². The van der Waals surface area contributed by atoms with Gasteiger partial charge in [-0.1, -0.05) is 0 Å². The van der Waals surface area contributed by atoms with Gasteiger partial charge in [0.15, 0.2) is 11.6 Å². The van der Waals surface area contributed by atoms with Gasteiger partial charge in [0.05, 0.1) is 25.1 Å². The van der Waals surface area contributed by atoms with E-state index in [2.05, 4.69) is 0 Å². The van der Waals surface area contributed by atoms with Gasteiger partial charge < -0.3 is 10.5 Å². The van der Waals surface area contributed by atoms with Crippen LogP contribution in [0.15, 0.2) is 12.1 Å². The molecule has 0 saturated carbocycles. The summed E-state index contributed by atoms with van der Waals surface area (Å²) >= 11 is 0. The number of halogens is 1. The van der Waals surface area contributed by atoms with E-state index in [-0.39, 0.29) is 5.75 Å². The number of anilines is 2. The van der Waals surface area contributed by atoms with Gasteiger partial charge in [-0.15, -0.1) is 0 Å². The van der Waals surface area contributed by atoms with Crippen molar-refractivity contribution in [2.45, 2.75) is 6.92 Å². The molecule has 0 aliphatic carbocycles. The second kappa shape index (κ2) is 4.84. The van der Waals surface area contributed by atoms with Crippen LogP contribution < -0.4 is 15.5 Å². The van der Waals surface area contributed by atoms with Crippen LogP contribution in [0.4, 0.5) is 15.8 Å². The van der Waals surface area contributed by atoms with Crippen molar-refractivity contribution in [1.29, 1.82) is 0 Å². The first-order valence-corrected chi connectivity index (χ1v) is 4.59. The molecule has 1 aromatic carbocycles. The van der Waals surface area contributed by atoms with Crippen molar-refractivity contribution in [2.75, 3.05) is 31.6 Å². The van der Waals surface area contributed by atoms with E-state index in [1.54, 1.807) is 14.0 Å². The van der Waals surface area contributed by atoms with Gasteiger partial charge in [-0.05, 0) is 6.92 Å². The fraction of sp³-hybridized carbons (Fsp3) is 0.400. The first-order valence-electron chi connectivity index (χ1n) is 4.59. The predicted octanol–water partition coefficient (Wildman–Crippen LogP) is 1.80. The Morgan fingerprint density at radius 2 is 2.13 bits per heavy atom. The van der Waals surface area contributed by atoms with Gasteiger partial charge in [0.1, 0.15) is 0 Å². The summed E-state index contributed by atoms with van der Waals surface area (Å²) in [6.45, 7) is 2.19. The van der Waals surface area contributed by atoms with Gasteiger partial charge in [0.25, 0.3) is 0 Å². The number of hydrogen-bond donors (Lipinski definition) is 1. The molecule has 2 N–H and O–H groups in total. The zero-order valence-electron chi connectivity index (χ0n) is 9.08. The Hall–Kier alpha value is -1.49. The number of ether oxygens (including phenoxy) is 1. The van der Waals surface area contributed by atoms with Crippen LogP contribution in [0.1, 0.15) is 6.92 Å². The lowest BCUT2D eigenvalue weighted by molar-refractivity contribution is 0.184. The third-order valence-electron chi connectivity index (χ3n) is 1.99. The molecule has 0 heterocycles. The quantitative estimate of drug-likeness (QED) is 0.613. The normalized spacial score (nSPS) is 10.1. The maximum Gasteiger partial charge on any atom is 0.167 e. The van der Waals surface area contributed by atoms with Gasteiger partial charge in [-0.25, -0.2) is 4.39 Å². The van der Waals surface area contributed by atoms with Crippen LogP contribution in [-0.4, -0.2) is 20.8 Å². The fourth-order valence-corrected chi connectivity index (χ4v) is 1.20. The highest BCUT2D eigenvalue weighted by Crippen LogP contribution is 2.30. The SMILES string of the molecule is CCOc1cc(N(C)OC)c(N)cc1F. The molecule has 5 heteroatoms. The molecule has 0 unspecified atom stereocenters. The van der Waals surface area contributed by atoms with Crippen molar-refractivity contribution in [3.8, 4) is 5.75 Å². The topological polar surface area (TPSA) is 47.7 Å². The van der Waals surface area contributed by atoms with Crippen molar-refractivity contribution in [3.05, 3.63) is 17.9 Å². The Bertz CT molecular complexity index is 344. The standard InChI is InChI=1S/C10H15FN2O2/c1-4-15-10-6-9(13(2)14-3)8(12)5-7(10)11/h5-6H,4,12H2,1-3H3. The Kier molecular flexibility index (Phi) is 3.74. The van der Waals surface area contributed by atoms with Crippen LogP contribution in [0.25, 0.3) is 0 Å². The van der Waals surface area contributed by atoms with E-state index >= 15 is 0 Å². The number of rotatable bonds is 4. The summed E-state index contributed by atoms with van der Waals surface area (Å²) in [5.74, 6) is -0.298. The molecule has 0 saturated heterocycles. The van der Waals surface area contributed by atoms with Crippen molar-refractivity contribution >= 4 is 11.4 Å². The minimum Gasteiger partial charge on any atom is -0.491 e. The van der Waals surface area contributed by atoms with E-state index in [0.29, 0.717) is 18.0 Å². The molecule has 1 aromatic rings. The Morgan fingerprint density at radius 3 is 2.67 bits per heavy atom. The summed E-state index contributed by atoms with van der Waals surface area (Å²) in [6.07, 6.45) is 0. The molecular formula is C10H15FN2O2. The summed E-state index contributed by atoms with van der Waals surface area (Å²) in [4.78, 5) is 4.97. The second-order valence-electron chi connectivity index (χ2n) is 2.95. The summed E-state index contributed by atoms with van der Waals surface area (Å²) in [6, 6.07) is 2.73. The molecule has 1 rings (SSSR count). The van der Waals surface area contributed by atoms with E-state index in [1.807, 2.05) is 0 Å². The van der Waals surface area contributed by atoms with Crippen molar-refractivity contribution in [1.82, 2.24) is 0 Å². The highest BCUT2D eigenvalue weighted by molar-refractivity contribution is 5.68. The van der Waals surface area contributed by atoms with Gasteiger partial charge in [0, 0.05) is 19.2 Å². The van der Waals surface area contributed by atoms with E-state index in [0.717, 1.165) is 0 Å². The van der Waals surface area contributed by atoms with Crippen molar-refractivity contribution in [3.63, 3.8) is 0 Å². The Labute approximate surface area is 88.3 Å². The zero-order chi connectivity index (χ0) is 11.4. The summed E-state index contributed by atoms with van der Waals surface area (Å²) in [5, 5.41) is 1.44. The molecule has 0 radical (unpaired) electrons. The molecule has 0 amide bonds. The summed E-state index contributed by atoms with van der Waals surface area (Å²) in [7, 11) is 3.18. The molecule has 4 nitrogen and oxygen atoms in total. The van der Waals surface area contributed by atoms with E-state index in [4.69, 9.17) is 15.3 Å².